The fraction of sp³-hybridized carbons (Fsp3) is 0.531. The predicted octanol–water partition coefficient (Wildman–Crippen LogP) is 4.88. The first-order valence-corrected chi connectivity index (χ1v) is 16.0. The zero-order chi connectivity index (χ0) is 29.6. The molecule has 2 fully saturated rings. The van der Waals surface area contributed by atoms with Crippen LogP contribution in [-0.2, 0) is 21.6 Å². The first kappa shape index (κ1) is 31.2. The lowest BCUT2D eigenvalue weighted by atomic mass is 9.88. The molecule has 1 aliphatic heterocycles. The van der Waals surface area contributed by atoms with Crippen LogP contribution in [0.15, 0.2) is 67.3 Å². The van der Waals surface area contributed by atoms with Crippen LogP contribution in [0, 0.1) is 12.8 Å². The van der Waals surface area contributed by atoms with E-state index in [1.807, 2.05) is 42.2 Å². The minimum Gasteiger partial charge on any atom is -0.445 e. The highest BCUT2D eigenvalue weighted by Crippen LogP contribution is 2.43. The monoisotopic (exact) mass is 582 g/mol. The SMILES string of the molecule is C=CCN(C(=O)OCc1ccc(C)cc1)C1CCN(C[C@H]2CC(N(C)S(=O)(=O)N(C)C)C[C@@H]2c2ccccc2)CC1. The second kappa shape index (κ2) is 14.0. The number of carbonyl (C=O) groups excluding carboxylic acids is 1. The maximum atomic E-state index is 13.0. The van der Waals surface area contributed by atoms with Crippen molar-refractivity contribution in [2.45, 2.75) is 57.2 Å². The molecule has 224 valence electrons. The molecule has 9 heteroatoms. The zero-order valence-electron chi connectivity index (χ0n) is 25.0. The number of hydrogen-bond acceptors (Lipinski definition) is 5. The summed E-state index contributed by atoms with van der Waals surface area (Å²) in [4.78, 5) is 17.4. The third-order valence-corrected chi connectivity index (χ3v) is 10.7. The minimum absolute atomic E-state index is 0.0403. The topological polar surface area (TPSA) is 73.4 Å². The van der Waals surface area contributed by atoms with Gasteiger partial charge >= 0.3 is 6.09 Å². The number of nitrogens with zero attached hydrogens (tertiary/aromatic N) is 4. The highest BCUT2D eigenvalue weighted by Gasteiger charge is 2.41. The second-order valence-electron chi connectivity index (χ2n) is 11.7. The van der Waals surface area contributed by atoms with Crippen LogP contribution < -0.4 is 0 Å². The van der Waals surface area contributed by atoms with Gasteiger partial charge in [0.1, 0.15) is 6.61 Å². The molecule has 8 nitrogen and oxygen atoms in total. The average Bonchev–Trinajstić information content (AvgIpc) is 3.39. The van der Waals surface area contributed by atoms with E-state index in [-0.39, 0.29) is 24.8 Å². The molecular formula is C32H46N4O4S. The van der Waals surface area contributed by atoms with Crippen LogP contribution in [0.2, 0.25) is 0 Å². The van der Waals surface area contributed by atoms with Crippen molar-refractivity contribution in [2.75, 3.05) is 47.3 Å². The van der Waals surface area contributed by atoms with Crippen molar-refractivity contribution in [1.29, 1.82) is 0 Å². The molecule has 1 amide bonds. The maximum Gasteiger partial charge on any atom is 0.410 e. The molecule has 1 saturated heterocycles. The normalized spacial score (nSPS) is 22.2. The van der Waals surface area contributed by atoms with E-state index in [0.717, 1.165) is 50.9 Å². The van der Waals surface area contributed by atoms with Gasteiger partial charge in [-0.15, -0.1) is 6.58 Å². The number of benzene rings is 2. The van der Waals surface area contributed by atoms with E-state index in [1.165, 1.54) is 15.4 Å². The van der Waals surface area contributed by atoms with E-state index >= 15 is 0 Å². The smallest absolute Gasteiger partial charge is 0.410 e. The van der Waals surface area contributed by atoms with Crippen molar-refractivity contribution in [2.24, 2.45) is 5.92 Å². The van der Waals surface area contributed by atoms with E-state index in [4.69, 9.17) is 4.74 Å². The van der Waals surface area contributed by atoms with Gasteiger partial charge in [0.05, 0.1) is 0 Å². The Hall–Kier alpha value is -2.72. The van der Waals surface area contributed by atoms with Crippen LogP contribution in [0.1, 0.15) is 48.3 Å². The molecular weight excluding hydrogens is 536 g/mol. The molecule has 0 aromatic heterocycles. The number of amides is 1. The fourth-order valence-corrected chi connectivity index (χ4v) is 7.38. The summed E-state index contributed by atoms with van der Waals surface area (Å²) in [5, 5.41) is 0. The first-order chi connectivity index (χ1) is 19.6. The highest BCUT2D eigenvalue weighted by atomic mass is 32.2. The van der Waals surface area contributed by atoms with Crippen LogP contribution in [-0.4, -0.2) is 92.3 Å². The van der Waals surface area contributed by atoms with Gasteiger partial charge in [-0.3, -0.25) is 0 Å². The van der Waals surface area contributed by atoms with Crippen LogP contribution >= 0.6 is 0 Å². The second-order valence-corrected chi connectivity index (χ2v) is 13.9. The molecule has 41 heavy (non-hydrogen) atoms. The number of hydrogen-bond donors (Lipinski definition) is 0. The summed E-state index contributed by atoms with van der Waals surface area (Å²) < 4.78 is 34.3. The van der Waals surface area contributed by atoms with Gasteiger partial charge in [0, 0.05) is 59.4 Å². The lowest BCUT2D eigenvalue weighted by molar-refractivity contribution is 0.0629. The molecule has 1 heterocycles. The Morgan fingerprint density at radius 1 is 1.00 bits per heavy atom. The molecule has 1 aliphatic carbocycles. The van der Waals surface area contributed by atoms with Gasteiger partial charge in [0.25, 0.3) is 10.2 Å². The summed E-state index contributed by atoms with van der Waals surface area (Å²) in [6, 6.07) is 18.6. The number of piperidine rings is 1. The van der Waals surface area contributed by atoms with Gasteiger partial charge in [0.15, 0.2) is 0 Å². The first-order valence-electron chi connectivity index (χ1n) is 14.6. The van der Waals surface area contributed by atoms with Gasteiger partial charge in [-0.2, -0.15) is 17.0 Å². The molecule has 2 aromatic carbocycles. The van der Waals surface area contributed by atoms with Gasteiger partial charge in [-0.1, -0.05) is 66.2 Å². The molecule has 0 radical (unpaired) electrons. The third kappa shape index (κ3) is 7.77. The quantitative estimate of drug-likeness (QED) is 0.353. The molecule has 4 rings (SSSR count). The summed E-state index contributed by atoms with van der Waals surface area (Å²) in [6.45, 7) is 9.31. The standard InChI is InChI=1S/C32H46N4O4S/c1-6-18-36(32(37)40-24-26-14-12-25(2)13-15-26)29-16-19-35(20-17-29)23-28-21-30(34(5)41(38,39)33(3)4)22-31(28)27-10-8-7-9-11-27/h6-15,28-31H,1,16-24H2,2-5H3/t28-,30?,31-/m1/s1. The Labute approximate surface area is 246 Å². The third-order valence-electron chi connectivity index (χ3n) is 8.77. The lowest BCUT2D eigenvalue weighted by Crippen LogP contribution is -2.48. The summed E-state index contributed by atoms with van der Waals surface area (Å²) >= 11 is 0. The largest absolute Gasteiger partial charge is 0.445 e. The van der Waals surface area contributed by atoms with Crippen LogP contribution in [0.3, 0.4) is 0 Å². The van der Waals surface area contributed by atoms with E-state index in [0.29, 0.717) is 18.4 Å². The maximum absolute atomic E-state index is 13.0. The Morgan fingerprint density at radius 3 is 2.27 bits per heavy atom. The van der Waals surface area contributed by atoms with E-state index < -0.39 is 10.2 Å². The summed E-state index contributed by atoms with van der Waals surface area (Å²) in [5.41, 5.74) is 3.43. The van der Waals surface area contributed by atoms with Gasteiger partial charge in [-0.05, 0) is 55.6 Å². The van der Waals surface area contributed by atoms with E-state index in [1.54, 1.807) is 31.5 Å². The molecule has 0 spiro atoms. The number of likely N-dealkylation sites (tertiary alicyclic amines) is 1. The number of rotatable bonds is 11. The molecule has 1 saturated carbocycles. The Bertz CT molecular complexity index is 1240. The molecule has 0 N–H and O–H groups in total. The molecule has 2 aliphatic rings. The van der Waals surface area contributed by atoms with Crippen LogP contribution in [0.5, 0.6) is 0 Å². The fourth-order valence-electron chi connectivity index (χ4n) is 6.32. The summed E-state index contributed by atoms with van der Waals surface area (Å²) in [6.07, 6.45) is 4.85. The molecule has 0 bridgehead atoms. The van der Waals surface area contributed by atoms with Crippen molar-refractivity contribution in [3.05, 3.63) is 83.9 Å². The van der Waals surface area contributed by atoms with Crippen LogP contribution in [0.25, 0.3) is 0 Å². The van der Waals surface area contributed by atoms with Gasteiger partial charge in [0.2, 0.25) is 0 Å². The predicted molar refractivity (Wildman–Crippen MR) is 164 cm³/mol. The molecule has 3 atom stereocenters. The van der Waals surface area contributed by atoms with Crippen molar-refractivity contribution in [3.63, 3.8) is 0 Å². The van der Waals surface area contributed by atoms with Crippen molar-refractivity contribution < 1.29 is 17.9 Å². The van der Waals surface area contributed by atoms with Gasteiger partial charge in [-0.25, -0.2) is 4.79 Å². The van der Waals surface area contributed by atoms with E-state index in [2.05, 4.69) is 35.7 Å². The Kier molecular flexibility index (Phi) is 10.6. The number of ether oxygens (including phenoxy) is 1. The number of carbonyl (C=O) groups is 1. The average molecular weight is 583 g/mol. The minimum atomic E-state index is -3.48. The molecule has 2 aromatic rings. The van der Waals surface area contributed by atoms with Crippen molar-refractivity contribution in [3.8, 4) is 0 Å². The highest BCUT2D eigenvalue weighted by molar-refractivity contribution is 7.86. The summed E-state index contributed by atoms with van der Waals surface area (Å²) in [7, 11) is 1.41. The van der Waals surface area contributed by atoms with E-state index in [9.17, 15) is 13.2 Å². The Balaban J connectivity index is 1.37. The number of aryl methyl sites for hydroxylation is 1. The summed E-state index contributed by atoms with van der Waals surface area (Å²) in [5.74, 6) is 0.648. The lowest BCUT2D eigenvalue weighted by Gasteiger charge is -2.39. The Morgan fingerprint density at radius 2 is 1.66 bits per heavy atom. The molecule has 1 unspecified atom stereocenters. The van der Waals surface area contributed by atoms with Crippen LogP contribution in [0.4, 0.5) is 4.79 Å². The van der Waals surface area contributed by atoms with Gasteiger partial charge < -0.3 is 14.5 Å². The van der Waals surface area contributed by atoms with Crippen molar-refractivity contribution in [1.82, 2.24) is 18.4 Å². The van der Waals surface area contributed by atoms with Crippen molar-refractivity contribution >= 4 is 16.3 Å². The zero-order valence-corrected chi connectivity index (χ0v) is 25.8.